The van der Waals surface area contributed by atoms with Crippen LogP contribution in [0, 0.1) is 5.92 Å². The lowest BCUT2D eigenvalue weighted by molar-refractivity contribution is 0.578. The molecule has 4 rings (SSSR count). The van der Waals surface area contributed by atoms with E-state index in [9.17, 15) is 8.42 Å². The van der Waals surface area contributed by atoms with Crippen molar-refractivity contribution in [3.8, 4) is 11.5 Å². The number of nitrogens with zero attached hydrogens (tertiary/aromatic N) is 4. The molecule has 168 valence electrons. The molecule has 11 heteroatoms. The first-order valence-electron chi connectivity index (χ1n) is 10.3. The van der Waals surface area contributed by atoms with Gasteiger partial charge in [0.1, 0.15) is 15.7 Å². The van der Waals surface area contributed by atoms with Crippen LogP contribution in [0.25, 0.3) is 11.5 Å². The number of halogens is 1. The lowest BCUT2D eigenvalue weighted by atomic mass is 10.3. The second-order valence-electron chi connectivity index (χ2n) is 7.87. The first kappa shape index (κ1) is 22.4. The lowest BCUT2D eigenvalue weighted by Gasteiger charge is -2.14. The van der Waals surface area contributed by atoms with Crippen molar-refractivity contribution in [2.24, 2.45) is 5.92 Å². The maximum atomic E-state index is 12.9. The van der Waals surface area contributed by atoms with E-state index in [-0.39, 0.29) is 16.9 Å². The van der Waals surface area contributed by atoms with Gasteiger partial charge in [0.25, 0.3) is 0 Å². The summed E-state index contributed by atoms with van der Waals surface area (Å²) in [5.74, 6) is 1.25. The highest BCUT2D eigenvalue weighted by Crippen LogP contribution is 2.29. The average Bonchev–Trinajstić information content (AvgIpc) is 3.57. The Morgan fingerprint density at radius 1 is 1.00 bits per heavy atom. The molecule has 0 bridgehead atoms. The maximum Gasteiger partial charge on any atom is 0.242 e. The Bertz CT molecular complexity index is 1220. The molecule has 0 unspecified atom stereocenters. The van der Waals surface area contributed by atoms with Crippen molar-refractivity contribution in [2.75, 3.05) is 17.2 Å². The highest BCUT2D eigenvalue weighted by atomic mass is 35.5. The molecular weight excluding hydrogens is 450 g/mol. The molecule has 2 heterocycles. The Labute approximate surface area is 192 Å². The largest absolute Gasteiger partial charge is 0.352 e. The quantitative estimate of drug-likeness (QED) is 0.401. The van der Waals surface area contributed by atoms with Gasteiger partial charge in [-0.1, -0.05) is 29.8 Å². The molecule has 0 radical (unpaired) electrons. The first-order valence-corrected chi connectivity index (χ1v) is 12.2. The third-order valence-corrected chi connectivity index (χ3v) is 6.37. The molecule has 1 aliphatic rings. The van der Waals surface area contributed by atoms with Crippen molar-refractivity contribution >= 4 is 39.2 Å². The van der Waals surface area contributed by atoms with Crippen LogP contribution in [0.2, 0.25) is 5.15 Å². The Balaban J connectivity index is 1.69. The van der Waals surface area contributed by atoms with Crippen LogP contribution in [-0.4, -0.2) is 40.9 Å². The first-order chi connectivity index (χ1) is 15.3. The van der Waals surface area contributed by atoms with Crippen molar-refractivity contribution in [1.82, 2.24) is 24.7 Å². The van der Waals surface area contributed by atoms with E-state index >= 15 is 0 Å². The maximum absolute atomic E-state index is 12.9. The average molecular weight is 474 g/mol. The lowest BCUT2D eigenvalue weighted by Crippen LogP contribution is -2.26. The minimum absolute atomic E-state index is 0.0738. The van der Waals surface area contributed by atoms with Gasteiger partial charge in [-0.2, -0.15) is 15.0 Å². The summed E-state index contributed by atoms with van der Waals surface area (Å²) in [5.41, 5.74) is 0.837. The zero-order chi connectivity index (χ0) is 22.7. The smallest absolute Gasteiger partial charge is 0.242 e. The van der Waals surface area contributed by atoms with Gasteiger partial charge in [-0.15, -0.1) is 0 Å². The highest BCUT2D eigenvalue weighted by Gasteiger charge is 2.25. The minimum Gasteiger partial charge on any atom is -0.352 e. The number of sulfonamides is 1. The van der Waals surface area contributed by atoms with Crippen LogP contribution in [0.1, 0.15) is 26.7 Å². The Morgan fingerprint density at radius 2 is 1.75 bits per heavy atom. The van der Waals surface area contributed by atoms with E-state index in [1.807, 2.05) is 13.8 Å². The van der Waals surface area contributed by atoms with Gasteiger partial charge < -0.3 is 10.6 Å². The third kappa shape index (κ3) is 5.70. The second-order valence-corrected chi connectivity index (χ2v) is 9.99. The third-order valence-electron chi connectivity index (χ3n) is 4.68. The van der Waals surface area contributed by atoms with Crippen molar-refractivity contribution in [1.29, 1.82) is 0 Å². The predicted molar refractivity (Wildman–Crippen MR) is 124 cm³/mol. The van der Waals surface area contributed by atoms with Crippen molar-refractivity contribution in [3.63, 3.8) is 0 Å². The summed E-state index contributed by atoms with van der Waals surface area (Å²) in [5, 5.41) is 6.50. The van der Waals surface area contributed by atoms with E-state index in [1.54, 1.807) is 42.5 Å². The number of aromatic nitrogens is 4. The van der Waals surface area contributed by atoms with E-state index in [2.05, 4.69) is 35.3 Å². The zero-order valence-corrected chi connectivity index (χ0v) is 19.3. The van der Waals surface area contributed by atoms with E-state index in [0.717, 1.165) is 12.8 Å². The molecule has 0 aliphatic heterocycles. The summed E-state index contributed by atoms with van der Waals surface area (Å²) >= 11 is 6.03. The summed E-state index contributed by atoms with van der Waals surface area (Å²) in [6.07, 6.45) is 2.11. The number of para-hydroxylation sites is 1. The number of pyridine rings is 1. The zero-order valence-electron chi connectivity index (χ0n) is 17.7. The number of anilines is 3. The summed E-state index contributed by atoms with van der Waals surface area (Å²) in [4.78, 5) is 17.7. The number of rotatable bonds is 9. The van der Waals surface area contributed by atoms with E-state index in [4.69, 9.17) is 11.6 Å². The molecule has 32 heavy (non-hydrogen) atoms. The van der Waals surface area contributed by atoms with Gasteiger partial charge >= 0.3 is 0 Å². The van der Waals surface area contributed by atoms with Crippen LogP contribution in [-0.2, 0) is 10.0 Å². The number of nitrogens with one attached hydrogen (secondary N) is 3. The van der Waals surface area contributed by atoms with E-state index in [0.29, 0.717) is 40.8 Å². The fourth-order valence-electron chi connectivity index (χ4n) is 2.95. The SMILES string of the molecule is CC(C)Nc1nc(Nc2ccccc2S(=O)(=O)NCC2CC2)nc(-c2cccc(Cl)n2)n1. The second kappa shape index (κ2) is 9.35. The Kier molecular flexibility index (Phi) is 6.54. The van der Waals surface area contributed by atoms with Crippen LogP contribution in [0.3, 0.4) is 0 Å². The van der Waals surface area contributed by atoms with E-state index in [1.165, 1.54) is 0 Å². The molecule has 3 aromatic rings. The molecule has 1 aliphatic carbocycles. The van der Waals surface area contributed by atoms with E-state index < -0.39 is 10.0 Å². The molecule has 0 amide bonds. The van der Waals surface area contributed by atoms with Crippen molar-refractivity contribution in [2.45, 2.75) is 37.6 Å². The predicted octanol–water partition coefficient (Wildman–Crippen LogP) is 3.84. The van der Waals surface area contributed by atoms with Crippen LogP contribution >= 0.6 is 11.6 Å². The summed E-state index contributed by atoms with van der Waals surface area (Å²) in [6.45, 7) is 4.36. The fraction of sp³-hybridized carbons (Fsp3) is 0.333. The molecule has 1 saturated carbocycles. The molecular formula is C21H24ClN7O2S. The molecule has 0 atom stereocenters. The van der Waals surface area contributed by atoms with Crippen LogP contribution in [0.5, 0.6) is 0 Å². The number of benzene rings is 1. The standard InChI is InChI=1S/C21H24ClN7O2S/c1-13(2)24-20-27-19(16-7-5-9-18(22)25-16)28-21(29-20)26-15-6-3-4-8-17(15)32(30,31)23-12-14-10-11-14/h3-9,13-14,23H,10-12H2,1-2H3,(H2,24,26,27,28,29). The van der Waals surface area contributed by atoms with Gasteiger partial charge in [0.15, 0.2) is 5.82 Å². The minimum atomic E-state index is -3.69. The van der Waals surface area contributed by atoms with Crippen LogP contribution in [0.4, 0.5) is 17.6 Å². The van der Waals surface area contributed by atoms with Crippen LogP contribution < -0.4 is 15.4 Å². The number of hydrogen-bond acceptors (Lipinski definition) is 8. The van der Waals surface area contributed by atoms with Crippen LogP contribution in [0.15, 0.2) is 47.4 Å². The topological polar surface area (TPSA) is 122 Å². The van der Waals surface area contributed by atoms with Gasteiger partial charge in [0.05, 0.1) is 5.69 Å². The normalized spacial score (nSPS) is 13.9. The van der Waals surface area contributed by atoms with Gasteiger partial charge in [-0.3, -0.25) is 0 Å². The highest BCUT2D eigenvalue weighted by molar-refractivity contribution is 7.89. The van der Waals surface area contributed by atoms with Gasteiger partial charge in [0, 0.05) is 12.6 Å². The van der Waals surface area contributed by atoms with Crippen molar-refractivity contribution in [3.05, 3.63) is 47.6 Å². The molecule has 0 saturated heterocycles. The van der Waals surface area contributed by atoms with Crippen molar-refractivity contribution < 1.29 is 8.42 Å². The number of hydrogen-bond donors (Lipinski definition) is 3. The molecule has 9 nitrogen and oxygen atoms in total. The molecule has 0 spiro atoms. The van der Waals surface area contributed by atoms with Gasteiger partial charge in [-0.25, -0.2) is 18.1 Å². The molecule has 1 aromatic carbocycles. The Hall–Kier alpha value is -2.82. The molecule has 1 fully saturated rings. The molecule has 2 aromatic heterocycles. The fourth-order valence-corrected chi connectivity index (χ4v) is 4.39. The summed E-state index contributed by atoms with van der Waals surface area (Å²) in [7, 11) is -3.69. The summed E-state index contributed by atoms with van der Waals surface area (Å²) < 4.78 is 28.4. The van der Waals surface area contributed by atoms with Gasteiger partial charge in [0.2, 0.25) is 21.9 Å². The summed E-state index contributed by atoms with van der Waals surface area (Å²) in [6, 6.07) is 11.9. The Morgan fingerprint density at radius 3 is 2.47 bits per heavy atom. The monoisotopic (exact) mass is 473 g/mol. The molecule has 3 N–H and O–H groups in total. The van der Waals surface area contributed by atoms with Gasteiger partial charge in [-0.05, 0) is 56.9 Å².